The van der Waals surface area contributed by atoms with Gasteiger partial charge in [-0.2, -0.15) is 13.2 Å². The van der Waals surface area contributed by atoms with E-state index < -0.39 is 24.8 Å². The van der Waals surface area contributed by atoms with Crippen molar-refractivity contribution < 1.29 is 27.5 Å². The summed E-state index contributed by atoms with van der Waals surface area (Å²) in [6.07, 6.45) is -5.18. The molecule has 1 aliphatic heterocycles. The van der Waals surface area contributed by atoms with E-state index in [1.54, 1.807) is 23.7 Å². The highest BCUT2D eigenvalue weighted by Crippen LogP contribution is 2.31. The number of halogens is 4. The average Bonchev–Trinajstić information content (AvgIpc) is 2.70. The predicted octanol–water partition coefficient (Wildman–Crippen LogP) is 2.25. The van der Waals surface area contributed by atoms with Crippen LogP contribution in [-0.4, -0.2) is 24.8 Å². The van der Waals surface area contributed by atoms with Gasteiger partial charge in [0.25, 0.3) is 5.91 Å². The van der Waals surface area contributed by atoms with Crippen molar-refractivity contribution in [3.63, 3.8) is 0 Å². The summed E-state index contributed by atoms with van der Waals surface area (Å²) < 4.78 is 40.7. The van der Waals surface area contributed by atoms with Gasteiger partial charge in [-0.25, -0.2) is 5.48 Å². The van der Waals surface area contributed by atoms with E-state index in [4.69, 9.17) is 16.3 Å². The first-order valence-electron chi connectivity index (χ1n) is 5.28. The fourth-order valence-electron chi connectivity index (χ4n) is 1.62. The Morgan fingerprint density at radius 2 is 2.26 bits per heavy atom. The molecule has 1 atom stereocenters. The Morgan fingerprint density at radius 3 is 2.95 bits per heavy atom. The van der Waals surface area contributed by atoms with Crippen molar-refractivity contribution >= 4 is 17.5 Å². The first kappa shape index (κ1) is 14.0. The highest BCUT2D eigenvalue weighted by atomic mass is 35.5. The SMILES string of the molecule is O=C(NOCC(F)(F)F)C1Cc2cc(Cl)ccc2O1. The van der Waals surface area contributed by atoms with E-state index >= 15 is 0 Å². The van der Waals surface area contributed by atoms with Gasteiger partial charge >= 0.3 is 6.18 Å². The minimum atomic E-state index is -4.50. The Kier molecular flexibility index (Phi) is 3.86. The number of alkyl halides is 3. The first-order valence-corrected chi connectivity index (χ1v) is 5.66. The van der Waals surface area contributed by atoms with E-state index in [2.05, 4.69) is 4.84 Å². The minimum absolute atomic E-state index is 0.233. The number of fused-ring (bicyclic) bond motifs is 1. The molecule has 0 saturated heterocycles. The van der Waals surface area contributed by atoms with Crippen LogP contribution in [0.2, 0.25) is 5.02 Å². The Labute approximate surface area is 111 Å². The number of hydroxylamine groups is 1. The van der Waals surface area contributed by atoms with Crippen LogP contribution in [0.4, 0.5) is 13.2 Å². The van der Waals surface area contributed by atoms with Crippen LogP contribution < -0.4 is 10.2 Å². The largest absolute Gasteiger partial charge is 0.480 e. The number of hydrogen-bond donors (Lipinski definition) is 1. The van der Waals surface area contributed by atoms with Crippen molar-refractivity contribution in [3.05, 3.63) is 28.8 Å². The molecule has 0 bridgehead atoms. The molecule has 0 spiro atoms. The topological polar surface area (TPSA) is 47.6 Å². The predicted molar refractivity (Wildman–Crippen MR) is 59.7 cm³/mol. The maximum atomic E-state index is 11.8. The van der Waals surface area contributed by atoms with Gasteiger partial charge < -0.3 is 4.74 Å². The molecule has 1 N–H and O–H groups in total. The third-order valence-corrected chi connectivity index (χ3v) is 2.63. The summed E-state index contributed by atoms with van der Waals surface area (Å²) in [5, 5.41) is 0.497. The van der Waals surface area contributed by atoms with Crippen LogP contribution in [0.5, 0.6) is 5.75 Å². The van der Waals surface area contributed by atoms with Crippen molar-refractivity contribution in [2.45, 2.75) is 18.7 Å². The second-order valence-electron chi connectivity index (χ2n) is 3.93. The zero-order valence-electron chi connectivity index (χ0n) is 9.46. The average molecular weight is 296 g/mol. The Bertz CT molecular complexity index is 493. The molecule has 0 aromatic heterocycles. The molecule has 0 radical (unpaired) electrons. The van der Waals surface area contributed by atoms with Crippen LogP contribution in [0.15, 0.2) is 18.2 Å². The highest BCUT2D eigenvalue weighted by molar-refractivity contribution is 6.30. The molecule has 2 rings (SSSR count). The van der Waals surface area contributed by atoms with E-state index in [1.807, 2.05) is 0 Å². The molecule has 1 aromatic rings. The molecule has 104 valence electrons. The molecule has 1 unspecified atom stereocenters. The van der Waals surface area contributed by atoms with E-state index in [-0.39, 0.29) is 6.42 Å². The van der Waals surface area contributed by atoms with Crippen LogP contribution in [0.3, 0.4) is 0 Å². The second-order valence-corrected chi connectivity index (χ2v) is 4.37. The van der Waals surface area contributed by atoms with Crippen molar-refractivity contribution in [3.8, 4) is 5.75 Å². The molecule has 1 amide bonds. The maximum absolute atomic E-state index is 11.8. The van der Waals surface area contributed by atoms with Gasteiger partial charge in [0, 0.05) is 11.4 Å². The lowest BCUT2D eigenvalue weighted by Gasteiger charge is -2.12. The number of carbonyl (C=O) groups excluding carboxylic acids is 1. The van der Waals surface area contributed by atoms with Crippen molar-refractivity contribution in [1.29, 1.82) is 0 Å². The molecule has 0 fully saturated rings. The van der Waals surface area contributed by atoms with Gasteiger partial charge in [0.05, 0.1) is 0 Å². The zero-order valence-corrected chi connectivity index (χ0v) is 10.2. The Balaban J connectivity index is 1.87. The molecule has 19 heavy (non-hydrogen) atoms. The second kappa shape index (κ2) is 5.26. The third-order valence-electron chi connectivity index (χ3n) is 2.40. The smallest absolute Gasteiger partial charge is 0.414 e. The quantitative estimate of drug-likeness (QED) is 0.870. The summed E-state index contributed by atoms with van der Waals surface area (Å²) in [4.78, 5) is 15.6. The standard InChI is InChI=1S/C11H9ClF3NO3/c12-7-1-2-8-6(3-7)4-9(19-8)10(17)16-18-5-11(13,14)15/h1-3,9H,4-5H2,(H,16,17). The minimum Gasteiger partial charge on any atom is -0.480 e. The third kappa shape index (κ3) is 3.74. The summed E-state index contributed by atoms with van der Waals surface area (Å²) >= 11 is 5.78. The zero-order chi connectivity index (χ0) is 14.0. The molecule has 0 saturated carbocycles. The Morgan fingerprint density at radius 1 is 1.53 bits per heavy atom. The van der Waals surface area contributed by atoms with E-state index in [0.717, 1.165) is 5.56 Å². The fourth-order valence-corrected chi connectivity index (χ4v) is 1.81. The van der Waals surface area contributed by atoms with E-state index in [9.17, 15) is 18.0 Å². The van der Waals surface area contributed by atoms with Gasteiger partial charge in [-0.15, -0.1) is 0 Å². The van der Waals surface area contributed by atoms with Crippen molar-refractivity contribution in [2.75, 3.05) is 6.61 Å². The molecular weight excluding hydrogens is 287 g/mol. The summed E-state index contributed by atoms with van der Waals surface area (Å²) in [7, 11) is 0. The van der Waals surface area contributed by atoms with Gasteiger partial charge in [0.1, 0.15) is 5.75 Å². The van der Waals surface area contributed by atoms with Gasteiger partial charge in [0.15, 0.2) is 12.7 Å². The van der Waals surface area contributed by atoms with Gasteiger partial charge in [-0.1, -0.05) is 11.6 Å². The van der Waals surface area contributed by atoms with Crippen LogP contribution in [0, 0.1) is 0 Å². The van der Waals surface area contributed by atoms with Crippen LogP contribution in [-0.2, 0) is 16.1 Å². The van der Waals surface area contributed by atoms with E-state index in [0.29, 0.717) is 10.8 Å². The summed E-state index contributed by atoms with van der Waals surface area (Å²) in [5.41, 5.74) is 2.44. The van der Waals surface area contributed by atoms with Crippen LogP contribution in [0.25, 0.3) is 0 Å². The lowest BCUT2D eigenvalue weighted by Crippen LogP contribution is -2.39. The molecule has 1 aromatic carbocycles. The lowest BCUT2D eigenvalue weighted by molar-refractivity contribution is -0.193. The summed E-state index contributed by atoms with van der Waals surface area (Å²) in [6, 6.07) is 4.84. The number of benzene rings is 1. The number of amides is 1. The number of ether oxygens (including phenoxy) is 1. The highest BCUT2D eigenvalue weighted by Gasteiger charge is 2.32. The monoisotopic (exact) mass is 295 g/mol. The first-order chi connectivity index (χ1) is 8.85. The lowest BCUT2D eigenvalue weighted by atomic mass is 10.1. The van der Waals surface area contributed by atoms with Gasteiger partial charge in [-0.3, -0.25) is 9.63 Å². The maximum Gasteiger partial charge on any atom is 0.414 e. The molecule has 4 nitrogen and oxygen atoms in total. The molecule has 1 heterocycles. The van der Waals surface area contributed by atoms with Crippen LogP contribution >= 0.6 is 11.6 Å². The van der Waals surface area contributed by atoms with Crippen molar-refractivity contribution in [2.24, 2.45) is 0 Å². The molecule has 8 heteroatoms. The van der Waals surface area contributed by atoms with Crippen molar-refractivity contribution in [1.82, 2.24) is 5.48 Å². The van der Waals surface area contributed by atoms with Gasteiger partial charge in [-0.05, 0) is 23.8 Å². The Hall–Kier alpha value is -1.47. The van der Waals surface area contributed by atoms with Gasteiger partial charge in [0.2, 0.25) is 0 Å². The molecule has 0 aliphatic carbocycles. The number of nitrogens with one attached hydrogen (secondary N) is 1. The number of carbonyl (C=O) groups is 1. The van der Waals surface area contributed by atoms with E-state index in [1.165, 1.54) is 0 Å². The summed E-state index contributed by atoms with van der Waals surface area (Å²) in [6.45, 7) is -1.55. The molecular formula is C11H9ClF3NO3. The molecule has 1 aliphatic rings. The normalized spacial score (nSPS) is 17.8. The fraction of sp³-hybridized carbons (Fsp3) is 0.364. The number of rotatable bonds is 3. The van der Waals surface area contributed by atoms with Crippen LogP contribution in [0.1, 0.15) is 5.56 Å². The number of hydrogen-bond acceptors (Lipinski definition) is 3. The summed E-state index contributed by atoms with van der Waals surface area (Å²) in [5.74, 6) is -0.281.